The largest absolute Gasteiger partial charge is 0.384 e. The molecule has 1 heterocycles. The molecule has 0 spiro atoms. The summed E-state index contributed by atoms with van der Waals surface area (Å²) in [5, 5.41) is 12.7. The van der Waals surface area contributed by atoms with Gasteiger partial charge >= 0.3 is 0 Å². The highest BCUT2D eigenvalue weighted by Gasteiger charge is 2.46. The third kappa shape index (κ3) is 4.64. The zero-order chi connectivity index (χ0) is 20.8. The van der Waals surface area contributed by atoms with Crippen LogP contribution in [0.5, 0.6) is 0 Å². The van der Waals surface area contributed by atoms with E-state index in [0.717, 1.165) is 57.7 Å². The molecule has 0 bridgehead atoms. The molecule has 1 saturated heterocycles. The highest BCUT2D eigenvalue weighted by atomic mass is 16.5. The molecule has 1 aliphatic carbocycles. The number of hydrogen-bond acceptors (Lipinski definition) is 3. The van der Waals surface area contributed by atoms with Gasteiger partial charge < -0.3 is 9.84 Å². The number of aliphatic hydroxyl groups is 1. The molecule has 1 N–H and O–H groups in total. The zero-order valence-corrected chi connectivity index (χ0v) is 18.4. The summed E-state index contributed by atoms with van der Waals surface area (Å²) in [5.74, 6) is 0.345. The van der Waals surface area contributed by atoms with Crippen LogP contribution in [0.4, 0.5) is 0 Å². The van der Waals surface area contributed by atoms with Crippen LogP contribution in [-0.2, 0) is 16.8 Å². The first kappa shape index (κ1) is 21.5. The van der Waals surface area contributed by atoms with Crippen molar-refractivity contribution in [1.29, 1.82) is 0 Å². The predicted octanol–water partition coefficient (Wildman–Crippen LogP) is 5.13. The van der Waals surface area contributed by atoms with Crippen LogP contribution in [0, 0.1) is 5.92 Å². The van der Waals surface area contributed by atoms with E-state index in [2.05, 4.69) is 66.4 Å². The van der Waals surface area contributed by atoms with Gasteiger partial charge in [0.05, 0.1) is 13.2 Å². The number of rotatable bonds is 7. The van der Waals surface area contributed by atoms with Crippen LogP contribution in [0.15, 0.2) is 54.6 Å². The van der Waals surface area contributed by atoms with Gasteiger partial charge in [-0.15, -0.1) is 0 Å². The first-order valence-electron chi connectivity index (χ1n) is 11.9. The lowest BCUT2D eigenvalue weighted by Crippen LogP contribution is -2.48. The summed E-state index contributed by atoms with van der Waals surface area (Å²) >= 11 is 0. The third-order valence-electron chi connectivity index (χ3n) is 7.33. The fraction of sp³-hybridized carbons (Fsp3) is 0.556. The van der Waals surface area contributed by atoms with Crippen molar-refractivity contribution in [3.63, 3.8) is 0 Å². The molecule has 0 amide bonds. The molecule has 0 aromatic heterocycles. The second-order valence-electron chi connectivity index (χ2n) is 9.09. The second kappa shape index (κ2) is 10.1. The van der Waals surface area contributed by atoms with Gasteiger partial charge in [0, 0.05) is 25.6 Å². The van der Waals surface area contributed by atoms with Gasteiger partial charge in [-0.25, -0.2) is 0 Å². The molecule has 0 radical (unpaired) electrons. The van der Waals surface area contributed by atoms with Gasteiger partial charge in [-0.05, 0) is 41.9 Å². The molecule has 162 valence electrons. The number of benzene rings is 2. The summed E-state index contributed by atoms with van der Waals surface area (Å²) in [6.45, 7) is 6.52. The summed E-state index contributed by atoms with van der Waals surface area (Å²) in [7, 11) is 0. The van der Waals surface area contributed by atoms with E-state index in [4.69, 9.17) is 4.74 Å². The molecule has 2 atom stereocenters. The molecule has 2 aromatic carbocycles. The molecular formula is C27H37NO2. The van der Waals surface area contributed by atoms with Crippen LogP contribution in [-0.4, -0.2) is 42.9 Å². The quantitative estimate of drug-likeness (QED) is 0.690. The van der Waals surface area contributed by atoms with Gasteiger partial charge in [0.1, 0.15) is 5.60 Å². The summed E-state index contributed by atoms with van der Waals surface area (Å²) < 4.78 is 5.59. The topological polar surface area (TPSA) is 32.7 Å². The lowest BCUT2D eigenvalue weighted by atomic mass is 9.65. The number of ether oxygens (including phenoxy) is 1. The van der Waals surface area contributed by atoms with E-state index in [0.29, 0.717) is 5.92 Å². The zero-order valence-electron chi connectivity index (χ0n) is 18.4. The normalized spacial score (nSPS) is 21.8. The van der Waals surface area contributed by atoms with Crippen molar-refractivity contribution in [2.24, 2.45) is 5.92 Å². The van der Waals surface area contributed by atoms with Crippen LogP contribution in [0.25, 0.3) is 0 Å². The van der Waals surface area contributed by atoms with E-state index < -0.39 is 5.60 Å². The Hall–Kier alpha value is -1.68. The predicted molar refractivity (Wildman–Crippen MR) is 123 cm³/mol. The standard InChI is InChI=1S/C27H37NO2/c1-2-22-13-15-25(16-14-22)27(29,24-11-7-4-8-12-24)26(23-9-5-3-6-10-23)21-28-17-19-30-20-18-28/h3,5-6,9-10,13-16,24,26,29H,2,4,7-8,11-12,17-21H2,1H3/t26-,27+/m1/s1. The highest BCUT2D eigenvalue weighted by Crippen LogP contribution is 2.48. The van der Waals surface area contributed by atoms with Gasteiger partial charge in [0.15, 0.2) is 0 Å². The average molecular weight is 408 g/mol. The molecule has 0 unspecified atom stereocenters. The van der Waals surface area contributed by atoms with Crippen molar-refractivity contribution in [3.05, 3.63) is 71.3 Å². The molecule has 3 nitrogen and oxygen atoms in total. The average Bonchev–Trinajstić information content (AvgIpc) is 2.84. The molecular weight excluding hydrogens is 370 g/mol. The number of hydrogen-bond donors (Lipinski definition) is 1. The van der Waals surface area contributed by atoms with Gasteiger partial charge in [-0.2, -0.15) is 0 Å². The Morgan fingerprint density at radius 1 is 0.967 bits per heavy atom. The minimum atomic E-state index is -0.855. The van der Waals surface area contributed by atoms with E-state index >= 15 is 0 Å². The lowest BCUT2D eigenvalue weighted by Gasteiger charge is -2.46. The van der Waals surface area contributed by atoms with E-state index in [1.165, 1.54) is 30.4 Å². The Balaban J connectivity index is 1.76. The summed E-state index contributed by atoms with van der Waals surface area (Å²) in [4.78, 5) is 2.48. The number of morpholine rings is 1. The van der Waals surface area contributed by atoms with Gasteiger partial charge in [-0.3, -0.25) is 4.90 Å². The lowest BCUT2D eigenvalue weighted by molar-refractivity contribution is -0.0758. The molecule has 2 aromatic rings. The Labute approximate surface area is 182 Å². The fourth-order valence-electron chi connectivity index (χ4n) is 5.50. The molecule has 2 fully saturated rings. The third-order valence-corrected chi connectivity index (χ3v) is 7.33. The van der Waals surface area contributed by atoms with Gasteiger partial charge in [0.2, 0.25) is 0 Å². The SMILES string of the molecule is CCc1ccc([C@@](O)(C2CCCCC2)[C@H](CN2CCOCC2)c2ccccc2)cc1. The summed E-state index contributed by atoms with van der Waals surface area (Å²) in [6, 6.07) is 19.5. The molecule has 1 aliphatic heterocycles. The number of aryl methyl sites for hydroxylation is 1. The summed E-state index contributed by atoms with van der Waals surface area (Å²) in [6.07, 6.45) is 6.98. The maximum atomic E-state index is 12.7. The molecule has 1 saturated carbocycles. The first-order valence-corrected chi connectivity index (χ1v) is 11.9. The van der Waals surface area contributed by atoms with Crippen molar-refractivity contribution in [1.82, 2.24) is 4.90 Å². The molecule has 4 rings (SSSR count). The van der Waals surface area contributed by atoms with E-state index in [1.807, 2.05) is 0 Å². The Morgan fingerprint density at radius 2 is 1.63 bits per heavy atom. The van der Waals surface area contributed by atoms with Crippen LogP contribution in [0.1, 0.15) is 61.6 Å². The van der Waals surface area contributed by atoms with Gasteiger partial charge in [-0.1, -0.05) is 80.8 Å². The van der Waals surface area contributed by atoms with Crippen molar-refractivity contribution in [3.8, 4) is 0 Å². The Morgan fingerprint density at radius 3 is 2.27 bits per heavy atom. The Bertz CT molecular complexity index is 763. The maximum absolute atomic E-state index is 12.7. The van der Waals surface area contributed by atoms with E-state index in [9.17, 15) is 5.11 Å². The molecule has 30 heavy (non-hydrogen) atoms. The highest BCUT2D eigenvalue weighted by molar-refractivity contribution is 5.35. The van der Waals surface area contributed by atoms with E-state index in [-0.39, 0.29) is 5.92 Å². The van der Waals surface area contributed by atoms with Crippen molar-refractivity contribution < 1.29 is 9.84 Å². The Kier molecular flexibility index (Phi) is 7.24. The number of nitrogens with zero attached hydrogens (tertiary/aromatic N) is 1. The first-order chi connectivity index (χ1) is 14.7. The second-order valence-corrected chi connectivity index (χ2v) is 9.09. The van der Waals surface area contributed by atoms with Crippen LogP contribution < -0.4 is 0 Å². The smallest absolute Gasteiger partial charge is 0.100 e. The minimum Gasteiger partial charge on any atom is -0.384 e. The monoisotopic (exact) mass is 407 g/mol. The van der Waals surface area contributed by atoms with Crippen molar-refractivity contribution in [2.75, 3.05) is 32.8 Å². The molecule has 2 aliphatic rings. The molecule has 3 heteroatoms. The minimum absolute atomic E-state index is 0.0485. The summed E-state index contributed by atoms with van der Waals surface area (Å²) in [5.41, 5.74) is 2.81. The van der Waals surface area contributed by atoms with E-state index in [1.54, 1.807) is 0 Å². The van der Waals surface area contributed by atoms with Crippen LogP contribution in [0.3, 0.4) is 0 Å². The van der Waals surface area contributed by atoms with Crippen LogP contribution in [0.2, 0.25) is 0 Å². The van der Waals surface area contributed by atoms with Crippen LogP contribution >= 0.6 is 0 Å². The van der Waals surface area contributed by atoms with Crippen molar-refractivity contribution >= 4 is 0 Å². The maximum Gasteiger partial charge on any atom is 0.100 e. The van der Waals surface area contributed by atoms with Gasteiger partial charge in [0.25, 0.3) is 0 Å². The van der Waals surface area contributed by atoms with Crippen molar-refractivity contribution in [2.45, 2.75) is 57.0 Å². The fourth-order valence-corrected chi connectivity index (χ4v) is 5.50.